The number of nitrogens with zero attached hydrogens (tertiary/aromatic N) is 2. The van der Waals surface area contributed by atoms with Gasteiger partial charge in [-0.15, -0.1) is 0 Å². The molecule has 1 rings (SSSR count). The quantitative estimate of drug-likeness (QED) is 0.513. The predicted molar refractivity (Wildman–Crippen MR) is 71.9 cm³/mol. The zero-order valence-corrected chi connectivity index (χ0v) is 11.3. The number of nitro groups is 1. The number of aromatic nitrogens is 1. The van der Waals surface area contributed by atoms with Gasteiger partial charge in [0.25, 0.3) is 0 Å². The van der Waals surface area contributed by atoms with Crippen molar-refractivity contribution < 1.29 is 19.9 Å². The first kappa shape index (κ1) is 15.8. The fourth-order valence-corrected chi connectivity index (χ4v) is 1.79. The highest BCUT2D eigenvalue weighted by molar-refractivity contribution is 5.93. The van der Waals surface area contributed by atoms with Gasteiger partial charge in [-0.1, -0.05) is 13.8 Å². The topological polar surface area (TPSA) is 126 Å². The van der Waals surface area contributed by atoms with Gasteiger partial charge in [-0.05, 0) is 12.8 Å². The molecule has 0 saturated carbocycles. The predicted octanol–water partition coefficient (Wildman–Crippen LogP) is 1.65. The number of aliphatic hydroxyl groups excluding tert-OH is 1. The summed E-state index contributed by atoms with van der Waals surface area (Å²) in [6, 6.07) is 1.11. The fourth-order valence-electron chi connectivity index (χ4n) is 1.79. The SMILES string of the molecule is CCC(CC)(CO)Nc1cc(C(=O)O)c([N+](=O)[O-])cn1. The van der Waals surface area contributed by atoms with Crippen LogP contribution in [0, 0.1) is 10.1 Å². The summed E-state index contributed by atoms with van der Waals surface area (Å²) in [7, 11) is 0. The molecule has 20 heavy (non-hydrogen) atoms. The third kappa shape index (κ3) is 3.21. The molecule has 0 aliphatic rings. The first-order chi connectivity index (χ1) is 9.39. The smallest absolute Gasteiger partial charge is 0.342 e. The molecule has 0 unspecified atom stereocenters. The average molecular weight is 283 g/mol. The van der Waals surface area contributed by atoms with E-state index in [4.69, 9.17) is 5.11 Å². The molecule has 0 spiro atoms. The Balaban J connectivity index is 3.19. The van der Waals surface area contributed by atoms with Crippen LogP contribution in [0.2, 0.25) is 0 Å². The summed E-state index contributed by atoms with van der Waals surface area (Å²) >= 11 is 0. The molecule has 3 N–H and O–H groups in total. The van der Waals surface area contributed by atoms with E-state index in [0.29, 0.717) is 12.8 Å². The summed E-state index contributed by atoms with van der Waals surface area (Å²) in [4.78, 5) is 24.8. The standard InChI is InChI=1S/C12H17N3O5/c1-3-12(4-2,7-16)14-10-5-8(11(17)18)9(6-13-10)15(19)20/h5-6,16H,3-4,7H2,1-2H3,(H,13,14)(H,17,18). The Morgan fingerprint density at radius 2 is 2.10 bits per heavy atom. The van der Waals surface area contributed by atoms with E-state index in [0.717, 1.165) is 12.3 Å². The van der Waals surface area contributed by atoms with E-state index in [2.05, 4.69) is 10.3 Å². The summed E-state index contributed by atoms with van der Waals surface area (Å²) in [6.45, 7) is 3.59. The van der Waals surface area contributed by atoms with Crippen molar-refractivity contribution in [3.8, 4) is 0 Å². The summed E-state index contributed by atoms with van der Waals surface area (Å²) in [5, 5.41) is 32.1. The number of nitrogens with one attached hydrogen (secondary N) is 1. The molecule has 0 aliphatic heterocycles. The first-order valence-electron chi connectivity index (χ1n) is 6.16. The van der Waals surface area contributed by atoms with Crippen molar-refractivity contribution in [2.45, 2.75) is 32.2 Å². The molecular formula is C12H17N3O5. The van der Waals surface area contributed by atoms with Crippen LogP contribution in [-0.4, -0.2) is 38.2 Å². The van der Waals surface area contributed by atoms with E-state index >= 15 is 0 Å². The number of carbonyl (C=O) groups is 1. The van der Waals surface area contributed by atoms with E-state index in [9.17, 15) is 20.0 Å². The summed E-state index contributed by atoms with van der Waals surface area (Å²) in [5.74, 6) is -1.21. The van der Waals surface area contributed by atoms with Crippen molar-refractivity contribution >= 4 is 17.5 Å². The first-order valence-corrected chi connectivity index (χ1v) is 6.16. The third-order valence-corrected chi connectivity index (χ3v) is 3.36. The molecule has 0 fully saturated rings. The molecule has 1 heterocycles. The lowest BCUT2D eigenvalue weighted by Gasteiger charge is -2.31. The molecular weight excluding hydrogens is 266 g/mol. The molecule has 0 amide bonds. The fraction of sp³-hybridized carbons (Fsp3) is 0.500. The summed E-state index contributed by atoms with van der Waals surface area (Å²) in [6.07, 6.45) is 2.10. The Hall–Kier alpha value is -2.22. The third-order valence-electron chi connectivity index (χ3n) is 3.36. The number of hydrogen-bond acceptors (Lipinski definition) is 6. The molecule has 0 bridgehead atoms. The molecule has 110 valence electrons. The van der Waals surface area contributed by atoms with Gasteiger partial charge in [-0.25, -0.2) is 9.78 Å². The summed E-state index contributed by atoms with van der Waals surface area (Å²) in [5.41, 5.74) is -1.63. The van der Waals surface area contributed by atoms with Gasteiger partial charge in [0.1, 0.15) is 17.6 Å². The Morgan fingerprint density at radius 1 is 1.50 bits per heavy atom. The minimum Gasteiger partial charge on any atom is -0.477 e. The normalized spacial score (nSPS) is 11.2. The van der Waals surface area contributed by atoms with Crippen molar-refractivity contribution in [3.63, 3.8) is 0 Å². The monoisotopic (exact) mass is 283 g/mol. The van der Waals surface area contributed by atoms with Crippen LogP contribution in [0.5, 0.6) is 0 Å². The van der Waals surface area contributed by atoms with Crippen molar-refractivity contribution in [2.75, 3.05) is 11.9 Å². The maximum Gasteiger partial charge on any atom is 0.342 e. The van der Waals surface area contributed by atoms with Crippen LogP contribution in [0.25, 0.3) is 0 Å². The van der Waals surface area contributed by atoms with E-state index in [1.807, 2.05) is 13.8 Å². The van der Waals surface area contributed by atoms with Crippen LogP contribution >= 0.6 is 0 Å². The Morgan fingerprint density at radius 3 is 2.50 bits per heavy atom. The number of aliphatic hydroxyl groups is 1. The minimum absolute atomic E-state index is 0.152. The van der Waals surface area contributed by atoms with Gasteiger partial charge in [0.2, 0.25) is 0 Å². The van der Waals surface area contributed by atoms with Gasteiger partial charge < -0.3 is 15.5 Å². The highest BCUT2D eigenvalue weighted by atomic mass is 16.6. The molecule has 0 saturated heterocycles. The summed E-state index contributed by atoms with van der Waals surface area (Å²) < 4.78 is 0. The van der Waals surface area contributed by atoms with Crippen LogP contribution < -0.4 is 5.32 Å². The molecule has 8 nitrogen and oxygen atoms in total. The van der Waals surface area contributed by atoms with Gasteiger partial charge >= 0.3 is 11.7 Å². The second-order valence-electron chi connectivity index (χ2n) is 4.42. The maximum atomic E-state index is 11.0. The second kappa shape index (κ2) is 6.29. The van der Waals surface area contributed by atoms with Gasteiger partial charge in [0, 0.05) is 6.07 Å². The molecule has 1 aromatic rings. The molecule has 0 aliphatic carbocycles. The van der Waals surface area contributed by atoms with Crippen LogP contribution in [0.3, 0.4) is 0 Å². The number of carboxylic acid groups (broad SMARTS) is 1. The molecule has 1 aromatic heterocycles. The van der Waals surface area contributed by atoms with Crippen LogP contribution in [-0.2, 0) is 0 Å². The molecule has 8 heteroatoms. The van der Waals surface area contributed by atoms with Crippen LogP contribution in [0.15, 0.2) is 12.3 Å². The Labute approximate surface area is 115 Å². The molecule has 0 radical (unpaired) electrons. The van der Waals surface area contributed by atoms with E-state index < -0.39 is 27.7 Å². The number of carboxylic acids is 1. The number of anilines is 1. The van der Waals surface area contributed by atoms with Crippen molar-refractivity contribution in [1.29, 1.82) is 0 Å². The zero-order valence-electron chi connectivity index (χ0n) is 11.3. The maximum absolute atomic E-state index is 11.0. The van der Waals surface area contributed by atoms with Crippen LogP contribution in [0.4, 0.5) is 11.5 Å². The minimum atomic E-state index is -1.40. The van der Waals surface area contributed by atoms with Gasteiger partial charge in [0.05, 0.1) is 17.1 Å². The van der Waals surface area contributed by atoms with Crippen molar-refractivity contribution in [3.05, 3.63) is 27.9 Å². The van der Waals surface area contributed by atoms with Crippen molar-refractivity contribution in [1.82, 2.24) is 4.98 Å². The number of aromatic carboxylic acids is 1. The van der Waals surface area contributed by atoms with E-state index in [1.54, 1.807) is 0 Å². The van der Waals surface area contributed by atoms with Gasteiger partial charge in [0.15, 0.2) is 0 Å². The Kier molecular flexibility index (Phi) is 4.98. The Bertz CT molecular complexity index is 506. The number of rotatable bonds is 7. The van der Waals surface area contributed by atoms with E-state index in [1.165, 1.54) is 0 Å². The lowest BCUT2D eigenvalue weighted by atomic mass is 9.94. The highest BCUT2D eigenvalue weighted by Gasteiger charge is 2.27. The zero-order chi connectivity index (χ0) is 15.3. The number of hydrogen-bond donors (Lipinski definition) is 3. The van der Waals surface area contributed by atoms with E-state index in [-0.39, 0.29) is 12.4 Å². The van der Waals surface area contributed by atoms with Gasteiger partial charge in [-0.2, -0.15) is 0 Å². The average Bonchev–Trinajstić information content (AvgIpc) is 2.44. The lowest BCUT2D eigenvalue weighted by Crippen LogP contribution is -2.41. The number of pyridine rings is 1. The van der Waals surface area contributed by atoms with Crippen molar-refractivity contribution in [2.24, 2.45) is 0 Å². The molecule has 0 aromatic carbocycles. The second-order valence-corrected chi connectivity index (χ2v) is 4.42. The highest BCUT2D eigenvalue weighted by Crippen LogP contribution is 2.25. The van der Waals surface area contributed by atoms with Crippen LogP contribution in [0.1, 0.15) is 37.0 Å². The lowest BCUT2D eigenvalue weighted by molar-refractivity contribution is -0.385. The largest absolute Gasteiger partial charge is 0.477 e. The molecule has 0 atom stereocenters. The van der Waals surface area contributed by atoms with Gasteiger partial charge in [-0.3, -0.25) is 10.1 Å².